The molecule has 1 aromatic heterocycles. The molecule has 0 aliphatic heterocycles. The molecule has 0 saturated heterocycles. The number of carboxylic acid groups (broad SMARTS) is 2. The van der Waals surface area contributed by atoms with Gasteiger partial charge in [-0.05, 0) is 35.6 Å². The highest BCUT2D eigenvalue weighted by Gasteiger charge is 2.31. The molecule has 1 heterocycles. The van der Waals surface area contributed by atoms with Gasteiger partial charge in [-0.25, -0.2) is 4.79 Å². The summed E-state index contributed by atoms with van der Waals surface area (Å²) in [4.78, 5) is 66.7. The van der Waals surface area contributed by atoms with Crippen molar-refractivity contribution < 1.29 is 34.2 Å². The summed E-state index contributed by atoms with van der Waals surface area (Å²) in [6, 6.07) is 20.7. The molecular formula is C34H37N5O7. The van der Waals surface area contributed by atoms with Crippen molar-refractivity contribution in [2.75, 3.05) is 0 Å². The highest BCUT2D eigenvalue weighted by molar-refractivity contribution is 5.95. The van der Waals surface area contributed by atoms with Gasteiger partial charge in [0.2, 0.25) is 17.7 Å². The molecule has 3 amide bonds. The zero-order chi connectivity index (χ0) is 33.1. The lowest BCUT2D eigenvalue weighted by Gasteiger charge is -2.25. The summed E-state index contributed by atoms with van der Waals surface area (Å²) < 4.78 is 0. The summed E-state index contributed by atoms with van der Waals surface area (Å²) in [5, 5.41) is 27.3. The molecule has 0 saturated carbocycles. The molecule has 12 heteroatoms. The Kier molecular flexibility index (Phi) is 11.6. The van der Waals surface area contributed by atoms with E-state index >= 15 is 0 Å². The number of aliphatic carboxylic acids is 2. The average molecular weight is 628 g/mol. The second kappa shape index (κ2) is 16.0. The quantitative estimate of drug-likeness (QED) is 0.0975. The topological polar surface area (TPSA) is 204 Å². The van der Waals surface area contributed by atoms with E-state index in [1.54, 1.807) is 30.5 Å². The first-order valence-electron chi connectivity index (χ1n) is 14.8. The third kappa shape index (κ3) is 9.50. The first-order chi connectivity index (χ1) is 22.1. The first-order valence-corrected chi connectivity index (χ1v) is 14.8. The van der Waals surface area contributed by atoms with Crippen molar-refractivity contribution in [1.82, 2.24) is 20.9 Å². The number of rotatable bonds is 16. The minimum atomic E-state index is -1.50. The van der Waals surface area contributed by atoms with Crippen LogP contribution in [0.2, 0.25) is 0 Å². The SMILES string of the molecule is NC(Cc1ccccc1)C(=O)NC(Cc1ccccc1)C(=O)NC(Cc1c[nH]c2ccccc12)C(=O)NC(CCC(=O)O)C(=O)O. The van der Waals surface area contributed by atoms with Crippen LogP contribution in [-0.2, 0) is 43.2 Å². The standard InChI is InChI=1S/C34H37N5O7/c35-25(17-21-9-3-1-4-10-21)31(42)38-28(18-22-11-5-2-6-12-22)32(43)39-29(19-23-20-36-26-14-8-7-13-24(23)26)33(44)37-27(34(45)46)15-16-30(40)41/h1-14,20,25,27-29,36H,15-19,35H2,(H,37,44)(H,38,42)(H,39,43)(H,40,41)(H,45,46). The maximum atomic E-state index is 13.9. The molecule has 0 bridgehead atoms. The van der Waals surface area contributed by atoms with Gasteiger partial charge in [-0.3, -0.25) is 19.2 Å². The van der Waals surface area contributed by atoms with Crippen LogP contribution in [0.1, 0.15) is 29.5 Å². The van der Waals surface area contributed by atoms with E-state index in [9.17, 15) is 29.1 Å². The van der Waals surface area contributed by atoms with Crippen molar-refractivity contribution in [3.05, 3.63) is 108 Å². The van der Waals surface area contributed by atoms with E-state index in [2.05, 4.69) is 20.9 Å². The van der Waals surface area contributed by atoms with Gasteiger partial charge in [-0.15, -0.1) is 0 Å². The molecule has 3 aromatic carbocycles. The maximum Gasteiger partial charge on any atom is 0.326 e. The number of hydrogen-bond donors (Lipinski definition) is 7. The van der Waals surface area contributed by atoms with Gasteiger partial charge < -0.3 is 36.9 Å². The number of carbonyl (C=O) groups is 5. The van der Waals surface area contributed by atoms with Crippen molar-refractivity contribution in [3.8, 4) is 0 Å². The number of H-pyrrole nitrogens is 1. The van der Waals surface area contributed by atoms with E-state index in [0.717, 1.165) is 22.0 Å². The van der Waals surface area contributed by atoms with Crippen LogP contribution in [0.5, 0.6) is 0 Å². The van der Waals surface area contributed by atoms with Crippen LogP contribution < -0.4 is 21.7 Å². The lowest BCUT2D eigenvalue weighted by molar-refractivity contribution is -0.143. The zero-order valence-corrected chi connectivity index (χ0v) is 25.0. The summed E-state index contributed by atoms with van der Waals surface area (Å²) in [6.45, 7) is 0. The lowest BCUT2D eigenvalue weighted by Crippen LogP contribution is -2.58. The number of nitrogens with two attached hydrogens (primary N) is 1. The molecule has 12 nitrogen and oxygen atoms in total. The highest BCUT2D eigenvalue weighted by Crippen LogP contribution is 2.19. The number of aromatic nitrogens is 1. The van der Waals surface area contributed by atoms with E-state index in [1.165, 1.54) is 0 Å². The van der Waals surface area contributed by atoms with E-state index < -0.39 is 60.2 Å². The Balaban J connectivity index is 1.58. The van der Waals surface area contributed by atoms with Gasteiger partial charge in [0.05, 0.1) is 6.04 Å². The van der Waals surface area contributed by atoms with Crippen molar-refractivity contribution in [2.24, 2.45) is 5.73 Å². The number of benzene rings is 3. The molecule has 0 aliphatic rings. The third-order valence-electron chi connectivity index (χ3n) is 7.54. The van der Waals surface area contributed by atoms with Gasteiger partial charge in [-0.1, -0.05) is 78.9 Å². The van der Waals surface area contributed by atoms with Gasteiger partial charge in [0.1, 0.15) is 18.1 Å². The molecule has 8 N–H and O–H groups in total. The second-order valence-corrected chi connectivity index (χ2v) is 11.0. The molecule has 240 valence electrons. The van der Waals surface area contributed by atoms with Gasteiger partial charge in [0.15, 0.2) is 0 Å². The van der Waals surface area contributed by atoms with Gasteiger partial charge in [0.25, 0.3) is 0 Å². The fraction of sp³-hybridized carbons (Fsp3) is 0.265. The predicted octanol–water partition coefficient (Wildman–Crippen LogP) is 1.93. The van der Waals surface area contributed by atoms with Crippen molar-refractivity contribution in [2.45, 2.75) is 56.3 Å². The number of para-hydroxylation sites is 1. The molecule has 46 heavy (non-hydrogen) atoms. The molecule has 0 spiro atoms. The van der Waals surface area contributed by atoms with Gasteiger partial charge in [-0.2, -0.15) is 0 Å². The molecule has 4 atom stereocenters. The van der Waals surface area contributed by atoms with Crippen LogP contribution in [0.15, 0.2) is 91.1 Å². The Morgan fingerprint density at radius 1 is 0.652 bits per heavy atom. The van der Waals surface area contributed by atoms with Crippen molar-refractivity contribution in [1.29, 1.82) is 0 Å². The Morgan fingerprint density at radius 3 is 1.78 bits per heavy atom. The Labute approximate surface area is 265 Å². The number of carbonyl (C=O) groups excluding carboxylic acids is 3. The fourth-order valence-electron chi connectivity index (χ4n) is 5.10. The molecule has 4 unspecified atom stereocenters. The number of aromatic amines is 1. The smallest absolute Gasteiger partial charge is 0.326 e. The van der Waals surface area contributed by atoms with E-state index in [-0.39, 0.29) is 25.7 Å². The lowest BCUT2D eigenvalue weighted by atomic mass is 10.0. The van der Waals surface area contributed by atoms with Crippen LogP contribution >= 0.6 is 0 Å². The largest absolute Gasteiger partial charge is 0.481 e. The summed E-state index contributed by atoms with van der Waals surface area (Å²) in [7, 11) is 0. The highest BCUT2D eigenvalue weighted by atomic mass is 16.4. The summed E-state index contributed by atoms with van der Waals surface area (Å²) in [5.41, 5.74) is 9.29. The molecule has 4 aromatic rings. The minimum absolute atomic E-state index is 0.0214. The number of fused-ring (bicyclic) bond motifs is 1. The normalized spacial score (nSPS) is 13.6. The van der Waals surface area contributed by atoms with Crippen LogP contribution in [0, 0.1) is 0 Å². The molecule has 0 radical (unpaired) electrons. The fourth-order valence-corrected chi connectivity index (χ4v) is 5.10. The number of amides is 3. The molecule has 0 fully saturated rings. The van der Waals surface area contributed by atoms with Crippen molar-refractivity contribution in [3.63, 3.8) is 0 Å². The van der Waals surface area contributed by atoms with E-state index in [4.69, 9.17) is 10.8 Å². The van der Waals surface area contributed by atoms with Crippen LogP contribution in [-0.4, -0.2) is 69.0 Å². The van der Waals surface area contributed by atoms with Crippen LogP contribution in [0.4, 0.5) is 0 Å². The Bertz CT molecular complexity index is 1660. The third-order valence-corrected chi connectivity index (χ3v) is 7.54. The molecule has 4 rings (SSSR count). The minimum Gasteiger partial charge on any atom is -0.481 e. The monoisotopic (exact) mass is 627 g/mol. The summed E-state index contributed by atoms with van der Waals surface area (Å²) >= 11 is 0. The molecule has 0 aliphatic carbocycles. The van der Waals surface area contributed by atoms with Gasteiger partial charge in [0, 0.05) is 36.4 Å². The van der Waals surface area contributed by atoms with Crippen LogP contribution in [0.25, 0.3) is 10.9 Å². The predicted molar refractivity (Wildman–Crippen MR) is 171 cm³/mol. The van der Waals surface area contributed by atoms with Gasteiger partial charge >= 0.3 is 11.9 Å². The average Bonchev–Trinajstić information content (AvgIpc) is 3.45. The summed E-state index contributed by atoms with van der Waals surface area (Å²) in [5.74, 6) is -4.68. The number of nitrogens with one attached hydrogen (secondary N) is 4. The van der Waals surface area contributed by atoms with E-state index in [0.29, 0.717) is 5.56 Å². The van der Waals surface area contributed by atoms with Crippen molar-refractivity contribution >= 4 is 40.6 Å². The molecular weight excluding hydrogens is 590 g/mol. The number of hydrogen-bond acceptors (Lipinski definition) is 6. The zero-order valence-electron chi connectivity index (χ0n) is 25.0. The maximum absolute atomic E-state index is 13.9. The Hall–Kier alpha value is -5.49. The number of carboxylic acids is 2. The van der Waals surface area contributed by atoms with E-state index in [1.807, 2.05) is 60.7 Å². The second-order valence-electron chi connectivity index (χ2n) is 11.0. The van der Waals surface area contributed by atoms with Crippen LogP contribution in [0.3, 0.4) is 0 Å². The first kappa shape index (κ1) is 33.4. The Morgan fingerprint density at radius 2 is 1.17 bits per heavy atom. The summed E-state index contributed by atoms with van der Waals surface area (Å²) in [6.07, 6.45) is 1.18.